The second kappa shape index (κ2) is 7.08. The minimum Gasteiger partial charge on any atom is -0.399 e. The second-order valence-electron chi connectivity index (χ2n) is 14.4. The van der Waals surface area contributed by atoms with Crippen LogP contribution in [0.1, 0.15) is 93.2 Å². The summed E-state index contributed by atoms with van der Waals surface area (Å²) in [5.41, 5.74) is 6.61. The fraction of sp³-hybridized carbons (Fsp3) is 0.600. The van der Waals surface area contributed by atoms with Gasteiger partial charge in [-0.3, -0.25) is 0 Å². The maximum absolute atomic E-state index is 6.42. The molecule has 4 nitrogen and oxygen atoms in total. The van der Waals surface area contributed by atoms with Gasteiger partial charge in [-0.1, -0.05) is 50.2 Å². The van der Waals surface area contributed by atoms with Crippen LogP contribution in [-0.4, -0.2) is 36.6 Å². The number of hydrogen-bond donors (Lipinski definition) is 0. The molecule has 0 atom stereocenters. The molecular weight excluding hydrogens is 446 g/mol. The lowest BCUT2D eigenvalue weighted by Crippen LogP contribution is -2.47. The monoisotopic (exact) mass is 486 g/mol. The zero-order chi connectivity index (χ0) is 26.1. The molecule has 0 aromatic heterocycles. The lowest BCUT2D eigenvalue weighted by Gasteiger charge is -2.53. The van der Waals surface area contributed by atoms with Crippen LogP contribution in [-0.2, 0) is 24.0 Å². The van der Waals surface area contributed by atoms with Crippen LogP contribution in [0.5, 0.6) is 0 Å². The van der Waals surface area contributed by atoms with Crippen molar-refractivity contribution < 1.29 is 18.6 Å². The lowest BCUT2D eigenvalue weighted by molar-refractivity contribution is 0.00578. The Labute approximate surface area is 217 Å². The molecule has 1 saturated carbocycles. The Hall–Kier alpha value is -1.59. The van der Waals surface area contributed by atoms with Gasteiger partial charge in [0.2, 0.25) is 0 Å². The van der Waals surface area contributed by atoms with Gasteiger partial charge in [0.1, 0.15) is 0 Å². The largest absolute Gasteiger partial charge is 0.494 e. The smallest absolute Gasteiger partial charge is 0.399 e. The molecule has 2 aliphatic heterocycles. The first-order chi connectivity index (χ1) is 16.5. The van der Waals surface area contributed by atoms with Crippen LogP contribution in [0.15, 0.2) is 36.4 Å². The summed E-state index contributed by atoms with van der Waals surface area (Å²) < 4.78 is 25.7. The van der Waals surface area contributed by atoms with Crippen molar-refractivity contribution in [2.24, 2.45) is 5.41 Å². The zero-order valence-electron chi connectivity index (χ0n) is 23.7. The van der Waals surface area contributed by atoms with Crippen molar-refractivity contribution in [3.05, 3.63) is 47.5 Å². The van der Waals surface area contributed by atoms with Crippen molar-refractivity contribution in [1.82, 2.24) is 0 Å². The number of hydrogen-bond acceptors (Lipinski definition) is 4. The summed E-state index contributed by atoms with van der Waals surface area (Å²) in [6.45, 7) is 21.7. The first-order valence-electron chi connectivity index (χ1n) is 13.5. The first-order valence-corrected chi connectivity index (χ1v) is 13.5. The summed E-state index contributed by atoms with van der Waals surface area (Å²) in [6, 6.07) is 13.7. The van der Waals surface area contributed by atoms with E-state index in [9.17, 15) is 0 Å². The molecule has 2 aliphatic carbocycles. The highest BCUT2D eigenvalue weighted by Crippen LogP contribution is 2.64. The van der Waals surface area contributed by atoms with Gasteiger partial charge in [0.25, 0.3) is 0 Å². The van der Waals surface area contributed by atoms with Crippen LogP contribution >= 0.6 is 0 Å². The normalized spacial score (nSPS) is 27.2. The Bertz CT molecular complexity index is 1130. The van der Waals surface area contributed by atoms with E-state index in [1.807, 2.05) is 0 Å². The second-order valence-corrected chi connectivity index (χ2v) is 14.4. The molecule has 2 heterocycles. The van der Waals surface area contributed by atoms with Crippen LogP contribution in [0.2, 0.25) is 0 Å². The van der Waals surface area contributed by atoms with Crippen molar-refractivity contribution in [2.75, 3.05) is 0 Å². The summed E-state index contributed by atoms with van der Waals surface area (Å²) in [6.07, 6.45) is 2.25. The molecule has 2 aromatic carbocycles. The lowest BCUT2D eigenvalue weighted by atomic mass is 9.50. The Balaban J connectivity index is 1.41. The van der Waals surface area contributed by atoms with Gasteiger partial charge in [0.15, 0.2) is 0 Å². The van der Waals surface area contributed by atoms with Crippen LogP contribution in [0, 0.1) is 5.41 Å². The first kappa shape index (κ1) is 24.7. The Morgan fingerprint density at radius 3 is 1.17 bits per heavy atom. The van der Waals surface area contributed by atoms with E-state index >= 15 is 0 Å². The van der Waals surface area contributed by atoms with E-state index in [1.54, 1.807) is 0 Å². The van der Waals surface area contributed by atoms with Gasteiger partial charge in [-0.25, -0.2) is 0 Å². The van der Waals surface area contributed by atoms with Crippen LogP contribution in [0.3, 0.4) is 0 Å². The molecule has 36 heavy (non-hydrogen) atoms. The molecule has 190 valence electrons. The standard InChI is InChI=1S/C30H40B2O4/c1-25(2)17-30(18-25)23-15-19(31-33-26(3,4)27(5,6)34-31)11-13-21(23)22-14-12-20(16-24(22)30)32-35-28(7,8)29(9,10)36-32/h11-16H,17-18H2,1-10H3. The van der Waals surface area contributed by atoms with Gasteiger partial charge >= 0.3 is 14.2 Å². The third-order valence-corrected chi connectivity index (χ3v) is 10.0. The van der Waals surface area contributed by atoms with E-state index in [1.165, 1.54) is 22.3 Å². The van der Waals surface area contributed by atoms with E-state index in [0.29, 0.717) is 5.41 Å². The third kappa shape index (κ3) is 3.30. The maximum atomic E-state index is 6.42. The molecule has 0 N–H and O–H groups in total. The quantitative estimate of drug-likeness (QED) is 0.535. The highest BCUT2D eigenvalue weighted by atomic mass is 16.7. The Morgan fingerprint density at radius 2 is 0.861 bits per heavy atom. The summed E-state index contributed by atoms with van der Waals surface area (Å²) in [7, 11) is -0.705. The third-order valence-electron chi connectivity index (χ3n) is 10.0. The van der Waals surface area contributed by atoms with Crippen molar-refractivity contribution in [2.45, 2.75) is 110 Å². The average Bonchev–Trinajstić information content (AvgIpc) is 3.22. The highest BCUT2D eigenvalue weighted by Gasteiger charge is 2.58. The molecule has 6 heteroatoms. The summed E-state index contributed by atoms with van der Waals surface area (Å²) >= 11 is 0. The molecule has 0 unspecified atom stereocenters. The molecular formula is C30H40B2O4. The van der Waals surface area contributed by atoms with Crippen LogP contribution in [0.25, 0.3) is 11.1 Å². The van der Waals surface area contributed by atoms with Gasteiger partial charge in [0.05, 0.1) is 22.4 Å². The van der Waals surface area contributed by atoms with E-state index in [2.05, 4.69) is 106 Å². The molecule has 1 spiro atoms. The SMILES string of the molecule is CC1(C)CC2(C1)c1cc(B3OC(C)(C)C(C)(C)O3)ccc1-c1ccc(B3OC(C)(C)C(C)(C)O3)cc12. The topological polar surface area (TPSA) is 36.9 Å². The Morgan fingerprint density at radius 1 is 0.528 bits per heavy atom. The van der Waals surface area contributed by atoms with Crippen LogP contribution in [0.4, 0.5) is 0 Å². The fourth-order valence-electron chi connectivity index (χ4n) is 6.74. The summed E-state index contributed by atoms with van der Waals surface area (Å²) in [5, 5.41) is 0. The number of rotatable bonds is 2. The molecule has 2 saturated heterocycles. The van der Waals surface area contributed by atoms with Crippen molar-refractivity contribution in [1.29, 1.82) is 0 Å². The molecule has 4 aliphatic rings. The molecule has 0 amide bonds. The molecule has 0 bridgehead atoms. The van der Waals surface area contributed by atoms with E-state index in [0.717, 1.165) is 23.8 Å². The minimum absolute atomic E-state index is 0.00741. The van der Waals surface area contributed by atoms with Crippen molar-refractivity contribution >= 4 is 25.2 Å². The van der Waals surface area contributed by atoms with Gasteiger partial charge in [-0.15, -0.1) is 0 Å². The number of benzene rings is 2. The predicted octanol–water partition coefficient (Wildman–Crippen LogP) is 5.37. The summed E-state index contributed by atoms with van der Waals surface area (Å²) in [5.74, 6) is 0. The minimum atomic E-state index is -0.354. The fourth-order valence-corrected chi connectivity index (χ4v) is 6.74. The van der Waals surface area contributed by atoms with Crippen molar-refractivity contribution in [3.8, 4) is 11.1 Å². The molecule has 6 rings (SSSR count). The van der Waals surface area contributed by atoms with Gasteiger partial charge < -0.3 is 18.6 Å². The predicted molar refractivity (Wildman–Crippen MR) is 147 cm³/mol. The molecule has 2 aromatic rings. The van der Waals surface area contributed by atoms with E-state index < -0.39 is 0 Å². The van der Waals surface area contributed by atoms with Gasteiger partial charge in [0, 0.05) is 5.41 Å². The van der Waals surface area contributed by atoms with Gasteiger partial charge in [-0.05, 0) is 107 Å². The van der Waals surface area contributed by atoms with E-state index in [4.69, 9.17) is 18.6 Å². The highest BCUT2D eigenvalue weighted by molar-refractivity contribution is 6.62. The Kier molecular flexibility index (Phi) is 4.86. The van der Waals surface area contributed by atoms with Crippen LogP contribution < -0.4 is 10.9 Å². The van der Waals surface area contributed by atoms with Gasteiger partial charge in [-0.2, -0.15) is 0 Å². The van der Waals surface area contributed by atoms with E-state index in [-0.39, 0.29) is 42.1 Å². The maximum Gasteiger partial charge on any atom is 0.494 e. The average molecular weight is 486 g/mol. The molecule has 3 fully saturated rings. The zero-order valence-corrected chi connectivity index (χ0v) is 23.7. The number of fused-ring (bicyclic) bond motifs is 5. The van der Waals surface area contributed by atoms with Crippen molar-refractivity contribution in [3.63, 3.8) is 0 Å². The summed E-state index contributed by atoms with van der Waals surface area (Å²) in [4.78, 5) is 0. The molecule has 0 radical (unpaired) electrons.